The van der Waals surface area contributed by atoms with Crippen LogP contribution < -0.4 is 18.5 Å². The Balaban J connectivity index is 1.43. The van der Waals surface area contributed by atoms with Gasteiger partial charge in [0, 0.05) is 0 Å². The van der Waals surface area contributed by atoms with Crippen molar-refractivity contribution in [3.05, 3.63) is 115 Å². The smallest absolute Gasteiger partial charge is 0.496 e. The molecule has 45 heavy (non-hydrogen) atoms. The second kappa shape index (κ2) is 14.1. The zero-order valence-electron chi connectivity index (χ0n) is 28.4. The van der Waals surface area contributed by atoms with Crippen LogP contribution in [0.3, 0.4) is 0 Å². The highest BCUT2D eigenvalue weighted by Gasteiger charge is 2.29. The Bertz CT molecular complexity index is 1540. The number of ether oxygens (including phenoxy) is 2. The van der Waals surface area contributed by atoms with Crippen LogP contribution in [0.1, 0.15) is 66.8 Å². The van der Waals surface area contributed by atoms with Crippen molar-refractivity contribution in [2.45, 2.75) is 81.1 Å². The highest BCUT2D eigenvalue weighted by Crippen LogP contribution is 2.48. The SMILES string of the molecule is COc1c(C)cc(CCc2cc(C)c(OP(=O)(O)Oc3c(C)cc(CCc4cc(C)c(OC)c(C)c4)cc3C)c(C)c2)cc1C. The third-order valence-electron chi connectivity index (χ3n) is 8.31. The fraction of sp³-hybridized carbons (Fsp3) is 0.368. The van der Waals surface area contributed by atoms with Crippen molar-refractivity contribution in [3.63, 3.8) is 0 Å². The van der Waals surface area contributed by atoms with Crippen LogP contribution in [0.4, 0.5) is 0 Å². The van der Waals surface area contributed by atoms with Gasteiger partial charge in [-0.25, -0.2) is 4.57 Å². The molecule has 0 aliphatic heterocycles. The molecule has 4 aromatic rings. The second-order valence-electron chi connectivity index (χ2n) is 12.3. The summed E-state index contributed by atoms with van der Waals surface area (Å²) < 4.78 is 35.7. The van der Waals surface area contributed by atoms with Gasteiger partial charge in [-0.1, -0.05) is 48.5 Å². The van der Waals surface area contributed by atoms with E-state index in [4.69, 9.17) is 18.5 Å². The minimum Gasteiger partial charge on any atom is -0.496 e. The van der Waals surface area contributed by atoms with Crippen molar-refractivity contribution in [2.75, 3.05) is 14.2 Å². The number of methoxy groups -OCH3 is 2. The molecule has 0 aliphatic rings. The van der Waals surface area contributed by atoms with E-state index in [0.29, 0.717) is 11.5 Å². The Morgan fingerprint density at radius 1 is 0.444 bits per heavy atom. The molecule has 240 valence electrons. The quantitative estimate of drug-likeness (QED) is 0.157. The van der Waals surface area contributed by atoms with Crippen molar-refractivity contribution < 1.29 is 28.0 Å². The summed E-state index contributed by atoms with van der Waals surface area (Å²) in [4.78, 5) is 10.8. The van der Waals surface area contributed by atoms with Crippen molar-refractivity contribution >= 4 is 7.82 Å². The van der Waals surface area contributed by atoms with Gasteiger partial charge in [-0.2, -0.15) is 0 Å². The Labute approximate surface area is 269 Å². The highest BCUT2D eigenvalue weighted by atomic mass is 31.2. The summed E-state index contributed by atoms with van der Waals surface area (Å²) in [5.41, 5.74) is 12.4. The van der Waals surface area contributed by atoms with Gasteiger partial charge in [-0.05, 0) is 148 Å². The molecule has 0 amide bonds. The molecule has 0 heterocycles. The fourth-order valence-electron chi connectivity index (χ4n) is 6.50. The summed E-state index contributed by atoms with van der Waals surface area (Å²) in [6.07, 6.45) is 3.42. The molecule has 0 saturated heterocycles. The van der Waals surface area contributed by atoms with E-state index in [0.717, 1.165) is 92.8 Å². The van der Waals surface area contributed by atoms with E-state index < -0.39 is 7.82 Å². The number of aryl methyl sites for hydroxylation is 12. The van der Waals surface area contributed by atoms with Gasteiger partial charge in [0.25, 0.3) is 0 Å². The Morgan fingerprint density at radius 3 is 0.844 bits per heavy atom. The predicted octanol–water partition coefficient (Wildman–Crippen LogP) is 9.30. The molecule has 0 fully saturated rings. The van der Waals surface area contributed by atoms with Crippen molar-refractivity contribution in [3.8, 4) is 23.0 Å². The molecule has 0 aliphatic carbocycles. The van der Waals surface area contributed by atoms with Crippen LogP contribution in [0.2, 0.25) is 0 Å². The van der Waals surface area contributed by atoms with E-state index in [2.05, 4.69) is 52.0 Å². The zero-order valence-corrected chi connectivity index (χ0v) is 29.3. The maximum absolute atomic E-state index is 13.3. The first-order valence-electron chi connectivity index (χ1n) is 15.4. The molecule has 4 aromatic carbocycles. The summed E-state index contributed by atoms with van der Waals surface area (Å²) in [5, 5.41) is 0. The first kappa shape index (κ1) is 34.1. The van der Waals surface area contributed by atoms with E-state index in [-0.39, 0.29) is 0 Å². The normalized spacial score (nSPS) is 11.4. The van der Waals surface area contributed by atoms with Crippen LogP contribution in [-0.4, -0.2) is 19.1 Å². The van der Waals surface area contributed by atoms with Crippen LogP contribution in [0.25, 0.3) is 0 Å². The Kier molecular flexibility index (Phi) is 10.7. The van der Waals surface area contributed by atoms with Crippen LogP contribution in [0, 0.1) is 55.4 Å². The summed E-state index contributed by atoms with van der Waals surface area (Å²) in [5.74, 6) is 2.60. The number of phosphoric acid groups is 1. The molecule has 0 atom stereocenters. The average Bonchev–Trinajstić information content (AvgIpc) is 2.94. The van der Waals surface area contributed by atoms with Gasteiger partial charge in [0.15, 0.2) is 0 Å². The summed E-state index contributed by atoms with van der Waals surface area (Å²) in [6, 6.07) is 16.7. The molecule has 1 N–H and O–H groups in total. The zero-order chi connectivity index (χ0) is 33.1. The minimum absolute atomic E-state index is 0.373. The lowest BCUT2D eigenvalue weighted by Gasteiger charge is -2.20. The highest BCUT2D eigenvalue weighted by molar-refractivity contribution is 7.48. The van der Waals surface area contributed by atoms with Crippen molar-refractivity contribution in [1.29, 1.82) is 0 Å². The molecule has 0 radical (unpaired) electrons. The van der Waals surface area contributed by atoms with Crippen LogP contribution in [-0.2, 0) is 30.2 Å². The van der Waals surface area contributed by atoms with E-state index in [9.17, 15) is 9.46 Å². The summed E-state index contributed by atoms with van der Waals surface area (Å²) in [7, 11) is -1.06. The van der Waals surface area contributed by atoms with Crippen molar-refractivity contribution in [1.82, 2.24) is 0 Å². The van der Waals surface area contributed by atoms with Gasteiger partial charge >= 0.3 is 7.82 Å². The average molecular weight is 631 g/mol. The second-order valence-corrected chi connectivity index (χ2v) is 13.6. The topological polar surface area (TPSA) is 74.2 Å². The maximum Gasteiger partial charge on any atom is 0.584 e. The molecular formula is C38H47O6P. The first-order valence-corrected chi connectivity index (χ1v) is 16.9. The van der Waals surface area contributed by atoms with Gasteiger partial charge < -0.3 is 18.5 Å². The Morgan fingerprint density at radius 2 is 0.644 bits per heavy atom. The van der Waals surface area contributed by atoms with Gasteiger partial charge in [0.2, 0.25) is 0 Å². The number of rotatable bonds is 12. The molecule has 0 spiro atoms. The summed E-state index contributed by atoms with van der Waals surface area (Å²) in [6.45, 7) is 15.8. The number of benzene rings is 4. The fourth-order valence-corrected chi connectivity index (χ4v) is 7.57. The molecule has 0 aromatic heterocycles. The molecule has 0 bridgehead atoms. The maximum atomic E-state index is 13.3. The van der Waals surface area contributed by atoms with E-state index >= 15 is 0 Å². The standard InChI is InChI=1S/C38H47O6P/c1-23-15-31(16-24(2)35(23)41-9)11-13-33-19-27(5)37(28(6)20-33)43-45(39,40)44-38-29(7)21-34(22-30(38)8)14-12-32-17-25(3)36(42-10)26(4)18-32/h15-22H,11-14H2,1-10H3,(H,39,40). The van der Waals surface area contributed by atoms with E-state index in [1.807, 2.05) is 52.0 Å². The molecule has 4 rings (SSSR count). The van der Waals surface area contributed by atoms with Gasteiger partial charge in [-0.15, -0.1) is 0 Å². The number of phosphoric ester groups is 1. The minimum atomic E-state index is -4.46. The largest absolute Gasteiger partial charge is 0.584 e. The lowest BCUT2D eigenvalue weighted by molar-refractivity contribution is 0.288. The molecule has 0 saturated carbocycles. The molecular weight excluding hydrogens is 583 g/mol. The van der Waals surface area contributed by atoms with Crippen LogP contribution in [0.5, 0.6) is 23.0 Å². The number of hydrogen-bond donors (Lipinski definition) is 1. The van der Waals surface area contributed by atoms with E-state index in [1.165, 1.54) is 11.1 Å². The van der Waals surface area contributed by atoms with E-state index in [1.54, 1.807) is 14.2 Å². The first-order chi connectivity index (χ1) is 21.2. The molecule has 0 unspecified atom stereocenters. The van der Waals surface area contributed by atoms with Crippen LogP contribution in [0.15, 0.2) is 48.5 Å². The number of hydrogen-bond acceptors (Lipinski definition) is 5. The third kappa shape index (κ3) is 8.31. The van der Waals surface area contributed by atoms with Gasteiger partial charge in [0.1, 0.15) is 23.0 Å². The predicted molar refractivity (Wildman–Crippen MR) is 183 cm³/mol. The van der Waals surface area contributed by atoms with Crippen molar-refractivity contribution in [2.24, 2.45) is 0 Å². The lowest BCUT2D eigenvalue weighted by atomic mass is 9.97. The summed E-state index contributed by atoms with van der Waals surface area (Å²) >= 11 is 0. The Hall–Kier alpha value is -3.73. The van der Waals surface area contributed by atoms with Gasteiger partial charge in [-0.3, -0.25) is 4.89 Å². The third-order valence-corrected chi connectivity index (χ3v) is 9.13. The molecule has 7 heteroatoms. The molecule has 6 nitrogen and oxygen atoms in total. The monoisotopic (exact) mass is 630 g/mol. The lowest BCUT2D eigenvalue weighted by Crippen LogP contribution is -2.05. The van der Waals surface area contributed by atoms with Crippen LogP contribution >= 0.6 is 7.82 Å². The van der Waals surface area contributed by atoms with Gasteiger partial charge in [0.05, 0.1) is 14.2 Å².